The summed E-state index contributed by atoms with van der Waals surface area (Å²) in [6, 6.07) is 4.11. The van der Waals surface area contributed by atoms with E-state index in [1.54, 1.807) is 0 Å². The molecule has 0 fully saturated rings. The van der Waals surface area contributed by atoms with Gasteiger partial charge in [-0.2, -0.15) is 5.10 Å². The van der Waals surface area contributed by atoms with Crippen molar-refractivity contribution in [3.8, 4) is 0 Å². The molecule has 14 heavy (non-hydrogen) atoms. The van der Waals surface area contributed by atoms with E-state index in [1.165, 1.54) is 16.6 Å². The van der Waals surface area contributed by atoms with Crippen LogP contribution in [-0.4, -0.2) is 16.2 Å². The summed E-state index contributed by atoms with van der Waals surface area (Å²) in [6.45, 7) is 4.89. The van der Waals surface area contributed by atoms with Gasteiger partial charge in [0, 0.05) is 11.8 Å². The van der Waals surface area contributed by atoms with Crippen LogP contribution in [0.3, 0.4) is 0 Å². The van der Waals surface area contributed by atoms with Crippen LogP contribution in [0.15, 0.2) is 24.5 Å². The van der Waals surface area contributed by atoms with Crippen LogP contribution in [-0.2, 0) is 0 Å². The third kappa shape index (κ3) is 1.30. The van der Waals surface area contributed by atoms with Gasteiger partial charge in [-0.1, -0.05) is 13.0 Å². The van der Waals surface area contributed by atoms with Gasteiger partial charge in [-0.3, -0.25) is 0 Å². The normalized spacial score (nSPS) is 13.4. The molecule has 2 heterocycles. The maximum absolute atomic E-state index is 5.67. The largest absolute Gasteiger partial charge is 0.330 e. The standard InChI is InChI=1S/C11H15N3/c1-8-4-3-5-14-11(8)10(7-13-14)9(2)6-12/h3-5,7,9H,6,12H2,1-2H3. The van der Waals surface area contributed by atoms with Crippen LogP contribution in [0.25, 0.3) is 5.52 Å². The van der Waals surface area contributed by atoms with Crippen LogP contribution < -0.4 is 5.73 Å². The molecule has 1 unspecified atom stereocenters. The predicted molar refractivity (Wildman–Crippen MR) is 57.4 cm³/mol. The zero-order valence-corrected chi connectivity index (χ0v) is 8.57. The third-order valence-electron chi connectivity index (χ3n) is 2.66. The molecular formula is C11H15N3. The molecule has 0 spiro atoms. The number of nitrogens with two attached hydrogens (primary N) is 1. The Morgan fingerprint density at radius 3 is 3.07 bits per heavy atom. The molecule has 0 aliphatic rings. The highest BCUT2D eigenvalue weighted by Gasteiger charge is 2.11. The number of fused-ring (bicyclic) bond motifs is 1. The lowest BCUT2D eigenvalue weighted by Crippen LogP contribution is -2.08. The van der Waals surface area contributed by atoms with Gasteiger partial charge in [0.2, 0.25) is 0 Å². The smallest absolute Gasteiger partial charge is 0.0725 e. The van der Waals surface area contributed by atoms with Crippen molar-refractivity contribution < 1.29 is 0 Å². The predicted octanol–water partition coefficient (Wildman–Crippen LogP) is 1.70. The monoisotopic (exact) mass is 189 g/mol. The van der Waals surface area contributed by atoms with Crippen molar-refractivity contribution in [1.29, 1.82) is 0 Å². The van der Waals surface area contributed by atoms with Crippen molar-refractivity contribution in [3.05, 3.63) is 35.7 Å². The first-order valence-electron chi connectivity index (χ1n) is 4.87. The fourth-order valence-corrected chi connectivity index (χ4v) is 1.73. The quantitative estimate of drug-likeness (QED) is 0.781. The Balaban J connectivity index is 2.67. The maximum atomic E-state index is 5.67. The van der Waals surface area contributed by atoms with E-state index in [0.29, 0.717) is 12.5 Å². The van der Waals surface area contributed by atoms with Gasteiger partial charge in [0.1, 0.15) is 0 Å². The average Bonchev–Trinajstić information content (AvgIpc) is 2.62. The number of nitrogens with zero attached hydrogens (tertiary/aromatic N) is 2. The van der Waals surface area contributed by atoms with Crippen LogP contribution in [0.4, 0.5) is 0 Å². The molecule has 0 amide bonds. The van der Waals surface area contributed by atoms with Gasteiger partial charge >= 0.3 is 0 Å². The third-order valence-corrected chi connectivity index (χ3v) is 2.66. The Labute approximate surface area is 83.5 Å². The number of aryl methyl sites for hydroxylation is 1. The molecule has 2 aromatic heterocycles. The fourth-order valence-electron chi connectivity index (χ4n) is 1.73. The second-order valence-corrected chi connectivity index (χ2v) is 3.72. The highest BCUT2D eigenvalue weighted by Crippen LogP contribution is 2.22. The summed E-state index contributed by atoms with van der Waals surface area (Å²) < 4.78 is 1.91. The van der Waals surface area contributed by atoms with E-state index in [4.69, 9.17) is 5.73 Å². The molecule has 1 atom stereocenters. The summed E-state index contributed by atoms with van der Waals surface area (Å²) in [5.41, 5.74) is 9.36. The Hall–Kier alpha value is -1.35. The van der Waals surface area contributed by atoms with Crippen LogP contribution >= 0.6 is 0 Å². The highest BCUT2D eigenvalue weighted by atomic mass is 15.2. The van der Waals surface area contributed by atoms with Gasteiger partial charge < -0.3 is 5.73 Å². The van der Waals surface area contributed by atoms with E-state index in [1.807, 2.05) is 23.0 Å². The molecule has 0 radical (unpaired) electrons. The van der Waals surface area contributed by atoms with Crippen molar-refractivity contribution >= 4 is 5.52 Å². The molecule has 3 heteroatoms. The molecule has 3 nitrogen and oxygen atoms in total. The van der Waals surface area contributed by atoms with Crippen LogP contribution in [0.2, 0.25) is 0 Å². The van der Waals surface area contributed by atoms with Crippen LogP contribution in [0, 0.1) is 6.92 Å². The lowest BCUT2D eigenvalue weighted by molar-refractivity contribution is 0.780. The molecule has 0 aliphatic heterocycles. The zero-order valence-electron chi connectivity index (χ0n) is 8.57. The van der Waals surface area contributed by atoms with Gasteiger partial charge in [-0.25, -0.2) is 4.52 Å². The number of aromatic nitrogens is 2. The van der Waals surface area contributed by atoms with Gasteiger partial charge in [0.25, 0.3) is 0 Å². The van der Waals surface area contributed by atoms with E-state index in [0.717, 1.165) is 0 Å². The molecule has 0 bridgehead atoms. The van der Waals surface area contributed by atoms with Crippen LogP contribution in [0.5, 0.6) is 0 Å². The first-order chi connectivity index (χ1) is 6.74. The van der Waals surface area contributed by atoms with Crippen molar-refractivity contribution in [2.75, 3.05) is 6.54 Å². The Morgan fingerprint density at radius 2 is 2.36 bits per heavy atom. The maximum Gasteiger partial charge on any atom is 0.0725 e. The molecule has 2 aromatic rings. The minimum Gasteiger partial charge on any atom is -0.330 e. The van der Waals surface area contributed by atoms with E-state index in [-0.39, 0.29) is 0 Å². The lowest BCUT2D eigenvalue weighted by Gasteiger charge is -2.07. The summed E-state index contributed by atoms with van der Waals surface area (Å²) in [6.07, 6.45) is 3.88. The van der Waals surface area contributed by atoms with Crippen molar-refractivity contribution in [2.45, 2.75) is 19.8 Å². The average molecular weight is 189 g/mol. The van der Waals surface area contributed by atoms with Crippen molar-refractivity contribution in [2.24, 2.45) is 5.73 Å². The second kappa shape index (κ2) is 3.42. The van der Waals surface area contributed by atoms with Crippen LogP contribution in [0.1, 0.15) is 24.0 Å². The minimum absolute atomic E-state index is 0.369. The van der Waals surface area contributed by atoms with Gasteiger partial charge in [-0.05, 0) is 31.0 Å². The van der Waals surface area contributed by atoms with Gasteiger partial charge in [0.05, 0.1) is 11.7 Å². The lowest BCUT2D eigenvalue weighted by atomic mass is 10.0. The van der Waals surface area contributed by atoms with E-state index in [9.17, 15) is 0 Å². The number of rotatable bonds is 2. The van der Waals surface area contributed by atoms with E-state index >= 15 is 0 Å². The summed E-state index contributed by atoms with van der Waals surface area (Å²) in [5.74, 6) is 0.369. The first-order valence-corrected chi connectivity index (χ1v) is 4.87. The molecule has 0 aromatic carbocycles. The topological polar surface area (TPSA) is 43.3 Å². The summed E-state index contributed by atoms with van der Waals surface area (Å²) in [7, 11) is 0. The molecule has 2 N–H and O–H groups in total. The first kappa shape index (κ1) is 9.21. The number of hydrogen-bond donors (Lipinski definition) is 1. The molecule has 0 aliphatic carbocycles. The fraction of sp³-hybridized carbons (Fsp3) is 0.364. The Kier molecular flexibility index (Phi) is 2.25. The minimum atomic E-state index is 0.369. The second-order valence-electron chi connectivity index (χ2n) is 3.72. The Morgan fingerprint density at radius 1 is 1.57 bits per heavy atom. The molecule has 2 rings (SSSR count). The van der Waals surface area contributed by atoms with E-state index < -0.39 is 0 Å². The number of hydrogen-bond acceptors (Lipinski definition) is 2. The summed E-state index contributed by atoms with van der Waals surface area (Å²) in [5, 5.41) is 4.31. The summed E-state index contributed by atoms with van der Waals surface area (Å²) in [4.78, 5) is 0. The van der Waals surface area contributed by atoms with E-state index in [2.05, 4.69) is 25.0 Å². The molecular weight excluding hydrogens is 174 g/mol. The zero-order chi connectivity index (χ0) is 10.1. The van der Waals surface area contributed by atoms with Gasteiger partial charge in [-0.15, -0.1) is 0 Å². The SMILES string of the molecule is Cc1cccn2ncc(C(C)CN)c12. The molecule has 0 saturated carbocycles. The highest BCUT2D eigenvalue weighted by molar-refractivity contribution is 5.60. The van der Waals surface area contributed by atoms with Crippen molar-refractivity contribution in [3.63, 3.8) is 0 Å². The Bertz CT molecular complexity index is 445. The van der Waals surface area contributed by atoms with Crippen molar-refractivity contribution in [1.82, 2.24) is 9.61 Å². The molecule has 74 valence electrons. The van der Waals surface area contributed by atoms with Gasteiger partial charge in [0.15, 0.2) is 0 Å². The summed E-state index contributed by atoms with van der Waals surface area (Å²) >= 11 is 0. The number of pyridine rings is 1. The molecule has 0 saturated heterocycles.